The summed E-state index contributed by atoms with van der Waals surface area (Å²) in [6, 6.07) is -0.387. The molecule has 0 fully saturated rings. The van der Waals surface area contributed by atoms with Crippen molar-refractivity contribution in [3.8, 4) is 0 Å². The molecule has 0 spiro atoms. The Balaban J connectivity index is 2.83. The summed E-state index contributed by atoms with van der Waals surface area (Å²) in [4.78, 5) is 21.2. The van der Waals surface area contributed by atoms with E-state index in [0.717, 1.165) is 0 Å². The van der Waals surface area contributed by atoms with E-state index in [1.807, 2.05) is 0 Å². The monoisotopic (exact) mass is 302 g/mol. The molecule has 1 atom stereocenters. The number of rotatable bonds is 4. The number of nitrogens with zero attached hydrogens (tertiary/aromatic N) is 3. The minimum Gasteiger partial charge on any atom is -0.358 e. The molecule has 0 aliphatic carbocycles. The Morgan fingerprint density at radius 1 is 1.59 bits per heavy atom. The fourth-order valence-corrected chi connectivity index (χ4v) is 1.50. The number of aromatic nitrogens is 2. The quantitative estimate of drug-likeness (QED) is 0.551. The van der Waals surface area contributed by atoms with Gasteiger partial charge in [-0.15, -0.1) is 0 Å². The second-order valence-corrected chi connectivity index (χ2v) is 4.49. The molecule has 1 aromatic heterocycles. The number of amides is 1. The number of hydrogen-bond acceptors (Lipinski definition) is 6. The van der Waals surface area contributed by atoms with Gasteiger partial charge >= 0.3 is 0 Å². The smallest absolute Gasteiger partial charge is 0.244 e. The van der Waals surface area contributed by atoms with Crippen molar-refractivity contribution >= 4 is 33.6 Å². The highest BCUT2D eigenvalue weighted by Crippen LogP contribution is 2.20. The molecule has 0 saturated carbocycles. The lowest BCUT2D eigenvalue weighted by atomic mass is 10.3. The van der Waals surface area contributed by atoms with Crippen LogP contribution in [0.1, 0.15) is 6.92 Å². The second-order valence-electron chi connectivity index (χ2n) is 3.63. The normalized spacial score (nSPS) is 11.8. The lowest BCUT2D eigenvalue weighted by Gasteiger charge is -2.19. The van der Waals surface area contributed by atoms with Crippen LogP contribution < -0.4 is 16.6 Å². The van der Waals surface area contributed by atoms with Crippen LogP contribution in [0.3, 0.4) is 0 Å². The van der Waals surface area contributed by atoms with Crippen LogP contribution >= 0.6 is 15.9 Å². The Bertz CT molecular complexity index is 410. The van der Waals surface area contributed by atoms with Crippen molar-refractivity contribution in [1.82, 2.24) is 14.9 Å². The first kappa shape index (κ1) is 13.7. The molecule has 17 heavy (non-hydrogen) atoms. The van der Waals surface area contributed by atoms with Crippen molar-refractivity contribution in [2.24, 2.45) is 5.84 Å². The summed E-state index contributed by atoms with van der Waals surface area (Å²) in [6.07, 6.45) is 1.55. The third kappa shape index (κ3) is 3.53. The van der Waals surface area contributed by atoms with Gasteiger partial charge in [0.15, 0.2) is 0 Å². The molecule has 0 aliphatic heterocycles. The van der Waals surface area contributed by atoms with Gasteiger partial charge in [0.1, 0.15) is 11.9 Å². The average molecular weight is 303 g/mol. The Morgan fingerprint density at radius 3 is 2.76 bits per heavy atom. The van der Waals surface area contributed by atoms with Gasteiger partial charge in [0.2, 0.25) is 11.9 Å². The Labute approximate surface area is 108 Å². The molecular formula is C9H15BrN6O. The number of carbonyl (C=O) groups excluding carboxylic acids is 1. The summed E-state index contributed by atoms with van der Waals surface area (Å²) in [5, 5.41) is 2.98. The van der Waals surface area contributed by atoms with E-state index >= 15 is 0 Å². The van der Waals surface area contributed by atoms with Crippen molar-refractivity contribution < 1.29 is 4.79 Å². The first-order chi connectivity index (χ1) is 7.95. The van der Waals surface area contributed by atoms with Crippen LogP contribution in [0.4, 0.5) is 11.8 Å². The Morgan fingerprint density at radius 2 is 2.24 bits per heavy atom. The summed E-state index contributed by atoms with van der Waals surface area (Å²) in [6.45, 7) is 1.76. The third-order valence-electron chi connectivity index (χ3n) is 2.04. The second kappa shape index (κ2) is 5.78. The van der Waals surface area contributed by atoms with Crippen LogP contribution in [0.5, 0.6) is 0 Å². The van der Waals surface area contributed by atoms with Crippen LogP contribution in [-0.4, -0.2) is 40.9 Å². The molecule has 1 heterocycles. The van der Waals surface area contributed by atoms with E-state index in [2.05, 4.69) is 36.6 Å². The van der Waals surface area contributed by atoms with E-state index in [1.165, 1.54) is 4.90 Å². The number of nitrogen functional groups attached to an aromatic ring is 1. The summed E-state index contributed by atoms with van der Waals surface area (Å²) >= 11 is 3.29. The van der Waals surface area contributed by atoms with Crippen molar-refractivity contribution in [2.45, 2.75) is 13.0 Å². The molecule has 94 valence electrons. The fourth-order valence-electron chi connectivity index (χ4n) is 1.19. The zero-order chi connectivity index (χ0) is 13.0. The molecule has 1 rings (SSSR count). The maximum absolute atomic E-state index is 11.7. The van der Waals surface area contributed by atoms with Gasteiger partial charge in [0.05, 0.1) is 4.47 Å². The highest BCUT2D eigenvalue weighted by molar-refractivity contribution is 9.10. The van der Waals surface area contributed by atoms with Gasteiger partial charge in [-0.2, -0.15) is 4.98 Å². The molecule has 0 saturated heterocycles. The van der Waals surface area contributed by atoms with Gasteiger partial charge in [-0.3, -0.25) is 10.2 Å². The molecule has 0 bridgehead atoms. The number of hydrazine groups is 1. The molecule has 0 aromatic carbocycles. The maximum atomic E-state index is 11.7. The van der Waals surface area contributed by atoms with E-state index < -0.39 is 0 Å². The van der Waals surface area contributed by atoms with Gasteiger partial charge < -0.3 is 10.2 Å². The number of nitrogens with two attached hydrogens (primary N) is 1. The molecule has 4 N–H and O–H groups in total. The predicted octanol–water partition coefficient (Wildman–Crippen LogP) is 0.413. The molecule has 1 amide bonds. The molecular weight excluding hydrogens is 288 g/mol. The topological polar surface area (TPSA) is 96.2 Å². The lowest BCUT2D eigenvalue weighted by Crippen LogP contribution is -2.37. The van der Waals surface area contributed by atoms with Crippen molar-refractivity contribution in [1.29, 1.82) is 0 Å². The SMILES string of the molecule is CC(Nc1nc(NN)ncc1Br)C(=O)N(C)C. The Kier molecular flexibility index (Phi) is 4.64. The molecule has 0 radical (unpaired) electrons. The van der Waals surface area contributed by atoms with Gasteiger partial charge in [-0.1, -0.05) is 0 Å². The maximum Gasteiger partial charge on any atom is 0.244 e. The van der Waals surface area contributed by atoms with E-state index in [9.17, 15) is 4.79 Å². The van der Waals surface area contributed by atoms with Gasteiger partial charge in [-0.05, 0) is 22.9 Å². The first-order valence-electron chi connectivity index (χ1n) is 4.92. The van der Waals surface area contributed by atoms with Crippen molar-refractivity contribution in [3.05, 3.63) is 10.7 Å². The number of hydrogen-bond donors (Lipinski definition) is 3. The predicted molar refractivity (Wildman–Crippen MR) is 69.3 cm³/mol. The highest BCUT2D eigenvalue weighted by Gasteiger charge is 2.16. The molecule has 8 heteroatoms. The summed E-state index contributed by atoms with van der Waals surface area (Å²) in [5.74, 6) is 5.96. The summed E-state index contributed by atoms with van der Waals surface area (Å²) < 4.78 is 0.662. The van der Waals surface area contributed by atoms with Crippen molar-refractivity contribution in [3.63, 3.8) is 0 Å². The lowest BCUT2D eigenvalue weighted by molar-refractivity contribution is -0.129. The van der Waals surface area contributed by atoms with E-state index in [4.69, 9.17) is 5.84 Å². The number of halogens is 1. The van der Waals surface area contributed by atoms with Crippen molar-refractivity contribution in [2.75, 3.05) is 24.8 Å². The van der Waals surface area contributed by atoms with Crippen LogP contribution in [0.25, 0.3) is 0 Å². The number of nitrogens with one attached hydrogen (secondary N) is 2. The third-order valence-corrected chi connectivity index (χ3v) is 2.62. The molecule has 1 unspecified atom stereocenters. The Hall–Kier alpha value is -1.41. The van der Waals surface area contributed by atoms with Crippen LogP contribution in [0.2, 0.25) is 0 Å². The van der Waals surface area contributed by atoms with Crippen LogP contribution in [0.15, 0.2) is 10.7 Å². The summed E-state index contributed by atoms with van der Waals surface area (Å²) in [5.41, 5.74) is 2.34. The highest BCUT2D eigenvalue weighted by atomic mass is 79.9. The largest absolute Gasteiger partial charge is 0.358 e. The minimum atomic E-state index is -0.387. The minimum absolute atomic E-state index is 0.0437. The zero-order valence-corrected chi connectivity index (χ0v) is 11.4. The first-order valence-corrected chi connectivity index (χ1v) is 5.72. The molecule has 1 aromatic rings. The van der Waals surface area contributed by atoms with E-state index in [0.29, 0.717) is 10.3 Å². The fraction of sp³-hybridized carbons (Fsp3) is 0.444. The number of likely N-dealkylation sites (N-methyl/N-ethyl adjacent to an activating group) is 1. The molecule has 0 aliphatic rings. The average Bonchev–Trinajstić information content (AvgIpc) is 2.30. The zero-order valence-electron chi connectivity index (χ0n) is 9.86. The van der Waals surface area contributed by atoms with Gasteiger partial charge in [0.25, 0.3) is 0 Å². The standard InChI is InChI=1S/C9H15BrN6O/c1-5(8(17)16(2)3)13-7-6(10)4-12-9(14-7)15-11/h4-5H,11H2,1-3H3,(H2,12,13,14,15). The number of carbonyl (C=O) groups is 1. The molecule has 7 nitrogen and oxygen atoms in total. The van der Waals surface area contributed by atoms with Gasteiger partial charge in [-0.25, -0.2) is 10.8 Å². The van der Waals surface area contributed by atoms with E-state index in [-0.39, 0.29) is 17.9 Å². The van der Waals surface area contributed by atoms with Crippen LogP contribution in [-0.2, 0) is 4.79 Å². The van der Waals surface area contributed by atoms with E-state index in [1.54, 1.807) is 27.2 Å². The van der Waals surface area contributed by atoms with Gasteiger partial charge in [0, 0.05) is 20.3 Å². The summed E-state index contributed by atoms with van der Waals surface area (Å²) in [7, 11) is 3.39. The number of anilines is 2. The van der Waals surface area contributed by atoms with Crippen LogP contribution in [0, 0.1) is 0 Å².